The number of benzene rings is 1. The molecule has 0 radical (unpaired) electrons. The molecule has 0 atom stereocenters. The van der Waals surface area contributed by atoms with E-state index in [9.17, 15) is 18.0 Å². The van der Waals surface area contributed by atoms with Gasteiger partial charge in [0.1, 0.15) is 0 Å². The monoisotopic (exact) mass is 299 g/mol. The number of hydrogen-bond donors (Lipinski definition) is 1. The zero-order valence-electron chi connectivity index (χ0n) is 11.2. The standard InChI is InChI=1S/C13H12F3N3O2/c1-7(2)11(20)17-9-5-3-8(4-6-9)10-18-12(21-19-10)13(14,15)16/h3-7H,1-2H3,(H,17,20). The lowest BCUT2D eigenvalue weighted by Gasteiger charge is -2.07. The normalized spacial score (nSPS) is 11.7. The first-order valence-corrected chi connectivity index (χ1v) is 6.09. The molecule has 1 aromatic heterocycles. The van der Waals surface area contributed by atoms with Gasteiger partial charge < -0.3 is 9.84 Å². The van der Waals surface area contributed by atoms with Crippen LogP contribution in [0.25, 0.3) is 11.4 Å². The van der Waals surface area contributed by atoms with E-state index in [0.717, 1.165) is 0 Å². The minimum atomic E-state index is -4.67. The van der Waals surface area contributed by atoms with Crippen molar-refractivity contribution in [1.29, 1.82) is 0 Å². The number of carbonyl (C=O) groups excluding carboxylic acids is 1. The maximum Gasteiger partial charge on any atom is 0.471 e. The Morgan fingerprint density at radius 2 is 1.86 bits per heavy atom. The Hall–Kier alpha value is -2.38. The molecule has 2 aromatic rings. The second kappa shape index (κ2) is 5.55. The Morgan fingerprint density at radius 1 is 1.24 bits per heavy atom. The predicted octanol–water partition coefficient (Wildman–Crippen LogP) is 3.35. The van der Waals surface area contributed by atoms with Crippen LogP contribution in [-0.2, 0) is 11.0 Å². The highest BCUT2D eigenvalue weighted by Crippen LogP contribution is 2.29. The Morgan fingerprint density at radius 3 is 2.33 bits per heavy atom. The minimum Gasteiger partial charge on any atom is -0.329 e. The van der Waals surface area contributed by atoms with Gasteiger partial charge in [0, 0.05) is 17.2 Å². The average Bonchev–Trinajstić information content (AvgIpc) is 2.89. The number of nitrogens with zero attached hydrogens (tertiary/aromatic N) is 2. The third-order valence-electron chi connectivity index (χ3n) is 2.60. The molecular formula is C13H12F3N3O2. The molecule has 1 heterocycles. The SMILES string of the molecule is CC(C)C(=O)Nc1ccc(-c2noc(C(F)(F)F)n2)cc1. The molecule has 1 aromatic carbocycles. The van der Waals surface area contributed by atoms with E-state index in [2.05, 4.69) is 20.0 Å². The largest absolute Gasteiger partial charge is 0.471 e. The van der Waals surface area contributed by atoms with E-state index >= 15 is 0 Å². The first kappa shape index (κ1) is 15.0. The molecule has 2 rings (SSSR count). The van der Waals surface area contributed by atoms with E-state index in [0.29, 0.717) is 11.3 Å². The summed E-state index contributed by atoms with van der Waals surface area (Å²) in [6.45, 7) is 3.50. The van der Waals surface area contributed by atoms with Crippen molar-refractivity contribution in [2.24, 2.45) is 5.92 Å². The van der Waals surface area contributed by atoms with Gasteiger partial charge in [-0.1, -0.05) is 19.0 Å². The number of aromatic nitrogens is 2. The molecule has 0 saturated carbocycles. The summed E-state index contributed by atoms with van der Waals surface area (Å²) >= 11 is 0. The van der Waals surface area contributed by atoms with Crippen LogP contribution in [0, 0.1) is 5.92 Å². The summed E-state index contributed by atoms with van der Waals surface area (Å²) in [6.07, 6.45) is -4.67. The van der Waals surface area contributed by atoms with Gasteiger partial charge in [-0.05, 0) is 24.3 Å². The van der Waals surface area contributed by atoms with E-state index in [1.54, 1.807) is 26.0 Å². The number of halogens is 3. The quantitative estimate of drug-likeness (QED) is 0.943. The fourth-order valence-electron chi connectivity index (χ4n) is 1.45. The molecule has 0 saturated heterocycles. The lowest BCUT2D eigenvalue weighted by atomic mass is 10.1. The Balaban J connectivity index is 2.16. The summed E-state index contributed by atoms with van der Waals surface area (Å²) in [7, 11) is 0. The van der Waals surface area contributed by atoms with Crippen molar-refractivity contribution in [3.05, 3.63) is 30.2 Å². The van der Waals surface area contributed by atoms with E-state index in [-0.39, 0.29) is 17.6 Å². The summed E-state index contributed by atoms with van der Waals surface area (Å²) in [5.74, 6) is -1.88. The molecule has 0 unspecified atom stereocenters. The van der Waals surface area contributed by atoms with Crippen LogP contribution in [0.5, 0.6) is 0 Å². The third kappa shape index (κ3) is 3.59. The topological polar surface area (TPSA) is 68.0 Å². The minimum absolute atomic E-state index is 0.151. The summed E-state index contributed by atoms with van der Waals surface area (Å²) in [5.41, 5.74) is 0.897. The molecule has 0 aliphatic heterocycles. The van der Waals surface area contributed by atoms with Gasteiger partial charge in [0.05, 0.1) is 0 Å². The zero-order valence-corrected chi connectivity index (χ0v) is 11.2. The predicted molar refractivity (Wildman–Crippen MR) is 68.2 cm³/mol. The van der Waals surface area contributed by atoms with Crippen LogP contribution in [0.1, 0.15) is 19.7 Å². The molecule has 0 aliphatic carbocycles. The second-order valence-electron chi connectivity index (χ2n) is 4.64. The lowest BCUT2D eigenvalue weighted by molar-refractivity contribution is -0.159. The number of alkyl halides is 3. The lowest BCUT2D eigenvalue weighted by Crippen LogP contribution is -2.17. The number of carbonyl (C=O) groups is 1. The molecule has 5 nitrogen and oxygen atoms in total. The highest BCUT2D eigenvalue weighted by Gasteiger charge is 2.38. The van der Waals surface area contributed by atoms with E-state index in [4.69, 9.17) is 0 Å². The Bertz CT molecular complexity index is 633. The van der Waals surface area contributed by atoms with Gasteiger partial charge in [0.15, 0.2) is 0 Å². The van der Waals surface area contributed by atoms with Gasteiger partial charge in [-0.2, -0.15) is 18.2 Å². The van der Waals surface area contributed by atoms with Gasteiger partial charge in [-0.3, -0.25) is 4.79 Å². The smallest absolute Gasteiger partial charge is 0.329 e. The van der Waals surface area contributed by atoms with Crippen LogP contribution in [0.3, 0.4) is 0 Å². The molecule has 112 valence electrons. The molecule has 1 amide bonds. The van der Waals surface area contributed by atoms with Crippen LogP contribution in [0.15, 0.2) is 28.8 Å². The van der Waals surface area contributed by atoms with Crippen molar-refractivity contribution in [2.75, 3.05) is 5.32 Å². The maximum absolute atomic E-state index is 12.4. The molecule has 0 aliphatic rings. The van der Waals surface area contributed by atoms with Crippen LogP contribution >= 0.6 is 0 Å². The summed E-state index contributed by atoms with van der Waals surface area (Å²) < 4.78 is 41.2. The van der Waals surface area contributed by atoms with E-state index < -0.39 is 12.1 Å². The summed E-state index contributed by atoms with van der Waals surface area (Å²) in [6, 6.07) is 6.11. The zero-order chi connectivity index (χ0) is 15.6. The molecule has 0 bridgehead atoms. The van der Waals surface area contributed by atoms with E-state index in [1.165, 1.54) is 12.1 Å². The van der Waals surface area contributed by atoms with Crippen molar-refractivity contribution in [3.8, 4) is 11.4 Å². The molecule has 1 N–H and O–H groups in total. The highest BCUT2D eigenvalue weighted by atomic mass is 19.4. The van der Waals surface area contributed by atoms with Crippen molar-refractivity contribution in [2.45, 2.75) is 20.0 Å². The first-order chi connectivity index (χ1) is 9.77. The van der Waals surface area contributed by atoms with Crippen molar-refractivity contribution >= 4 is 11.6 Å². The van der Waals surface area contributed by atoms with Gasteiger partial charge in [-0.25, -0.2) is 0 Å². The third-order valence-corrected chi connectivity index (χ3v) is 2.60. The fourth-order valence-corrected chi connectivity index (χ4v) is 1.45. The van der Waals surface area contributed by atoms with Crippen molar-refractivity contribution < 1.29 is 22.5 Å². The molecule has 8 heteroatoms. The number of rotatable bonds is 3. The highest BCUT2D eigenvalue weighted by molar-refractivity contribution is 5.92. The number of anilines is 1. The molecular weight excluding hydrogens is 287 g/mol. The van der Waals surface area contributed by atoms with Crippen LogP contribution in [-0.4, -0.2) is 16.0 Å². The van der Waals surface area contributed by atoms with E-state index in [1.807, 2.05) is 0 Å². The Kier molecular flexibility index (Phi) is 3.97. The van der Waals surface area contributed by atoms with Gasteiger partial charge in [-0.15, -0.1) is 0 Å². The molecule has 21 heavy (non-hydrogen) atoms. The molecule has 0 spiro atoms. The van der Waals surface area contributed by atoms with Gasteiger partial charge in [0.25, 0.3) is 0 Å². The summed E-state index contributed by atoms with van der Waals surface area (Å²) in [4.78, 5) is 14.8. The number of amides is 1. The fraction of sp³-hybridized carbons (Fsp3) is 0.308. The average molecular weight is 299 g/mol. The summed E-state index contributed by atoms with van der Waals surface area (Å²) in [5, 5.41) is 5.94. The van der Waals surface area contributed by atoms with Crippen molar-refractivity contribution in [1.82, 2.24) is 10.1 Å². The number of hydrogen-bond acceptors (Lipinski definition) is 4. The Labute approximate surface area is 118 Å². The number of nitrogens with one attached hydrogen (secondary N) is 1. The van der Waals surface area contributed by atoms with Crippen molar-refractivity contribution in [3.63, 3.8) is 0 Å². The van der Waals surface area contributed by atoms with Crippen LogP contribution in [0.4, 0.5) is 18.9 Å². The maximum atomic E-state index is 12.4. The van der Waals surface area contributed by atoms with Gasteiger partial charge >= 0.3 is 12.1 Å². The first-order valence-electron chi connectivity index (χ1n) is 6.09. The molecule has 0 fully saturated rings. The van der Waals surface area contributed by atoms with Crippen LogP contribution < -0.4 is 5.32 Å². The second-order valence-corrected chi connectivity index (χ2v) is 4.64. The van der Waals surface area contributed by atoms with Crippen LogP contribution in [0.2, 0.25) is 0 Å². The van der Waals surface area contributed by atoms with Gasteiger partial charge in [0.2, 0.25) is 11.7 Å².